The molecule has 12 aromatic carbocycles. The second-order valence-corrected chi connectivity index (χ2v) is 48.0. The Kier molecular flexibility index (Phi) is 33.8. The zero-order valence-corrected chi connectivity index (χ0v) is 87.0. The molecule has 0 aliphatic heterocycles. The minimum Gasteiger partial charge on any atom is -0.457 e. The first-order chi connectivity index (χ1) is 68.1. The van der Waals surface area contributed by atoms with E-state index in [1.54, 1.807) is 186 Å². The van der Waals surface area contributed by atoms with E-state index in [0.717, 1.165) is 71.3 Å². The molecule has 0 unspecified atom stereocenters. The lowest BCUT2D eigenvalue weighted by atomic mass is 10.1. The number of thiophene rings is 6. The molecule has 0 N–H and O–H groups in total. The molecule has 0 fully saturated rings. The molecule has 0 aliphatic rings. The number of hydrogen-bond donors (Lipinski definition) is 0. The van der Waals surface area contributed by atoms with Gasteiger partial charge in [0, 0.05) is 31.4 Å². The number of carbonyl (C=O) groups is 9. The summed E-state index contributed by atoms with van der Waals surface area (Å²) in [6.45, 7) is 14.1. The fourth-order valence-corrected chi connectivity index (χ4v) is 28.2. The Morgan fingerprint density at radius 2 is 0.326 bits per heavy atom. The molecule has 0 atom stereocenters. The predicted octanol–water partition coefficient (Wildman–Crippen LogP) is 33.7. The van der Waals surface area contributed by atoms with Crippen LogP contribution in [0.5, 0.6) is 66.9 Å². The number of ether oxygens (including phenoxy) is 6. The first-order valence-electron chi connectivity index (χ1n) is 43.9. The first kappa shape index (κ1) is 101. The standard InChI is InChI=1S/C42H33O6S.C36H27O6S4.C36H27O3S7/c1-28(43)31-4-10-34(11-5-31)46-37-16-22-40(23-17-37)49(41-24-18-38(19-25-41)47-35-12-6-32(7-13-35)29(2)44)42-26-20-39(21-27-42)48-36-14-8-33(9-15-36)30(3)45;2*1-22(37)31-16-19-34(43-31)40-25-4-10-28(11-5-25)46(29-12-6-26(7-13-29)41-35-20-17-32(44-35)23(2)38)30-14-8-27(9-15-30)42-36-21-18-33(45-36)24(3)39/h4-27H,1-3H3;2*4-21H,1-3H3/q3*+1. The normalized spacial score (nSPS) is 11.0. The largest absolute Gasteiger partial charge is 0.457 e. The van der Waals surface area contributed by atoms with E-state index in [4.69, 9.17) is 28.4 Å². The van der Waals surface area contributed by atoms with Crippen LogP contribution in [0, 0.1) is 0 Å². The van der Waals surface area contributed by atoms with Crippen LogP contribution in [0.1, 0.15) is 151 Å². The Hall–Kier alpha value is -13.2. The average molecular weight is 2080 g/mol. The van der Waals surface area contributed by atoms with E-state index in [-0.39, 0.29) is 62.9 Å². The van der Waals surface area contributed by atoms with Gasteiger partial charge in [0.1, 0.15) is 51.7 Å². The zero-order chi connectivity index (χ0) is 98.7. The maximum Gasteiger partial charge on any atom is 0.181 e. The van der Waals surface area contributed by atoms with Crippen molar-refractivity contribution in [2.45, 2.75) is 134 Å². The SMILES string of the molecule is CC(=O)c1ccc(Oc2ccc([S+](c3ccc(Oc4ccc(C(C)=O)cc4)cc3)c3ccc(Oc4ccc(C(C)=O)cc4)cc3)cc2)cc1.CC(=O)c1ccc(Oc2ccc([S+](c3ccc(Oc4ccc(C(C)=O)s4)cc3)c3ccc(Oc4ccc(C(C)=O)s4)cc3)cc2)s1.CC(=O)c1ccc(Sc2ccc([S+](c3ccc(Sc4ccc(C(C)=O)s4)cc3)c3ccc(Sc4ccc(C(C)=O)s4)cc3)cc2)s1. The maximum absolute atomic E-state index is 11.8. The fraction of sp³-hybridized carbons (Fsp3) is 0.0789. The van der Waals surface area contributed by atoms with E-state index in [2.05, 4.69) is 146 Å². The summed E-state index contributed by atoms with van der Waals surface area (Å²) in [7, 11) is -1.30. The number of carbonyl (C=O) groups excluding carboxylic acids is 9. The van der Waals surface area contributed by atoms with E-state index >= 15 is 0 Å². The van der Waals surface area contributed by atoms with Crippen LogP contribution in [0.2, 0.25) is 0 Å². The minimum atomic E-state index is -0.483. The van der Waals surface area contributed by atoms with E-state index in [9.17, 15) is 43.2 Å². The first-order valence-corrected chi connectivity index (χ1v) is 54.9. The monoisotopic (exact) mass is 2080 g/mol. The summed E-state index contributed by atoms with van der Waals surface area (Å²) in [5.74, 6) is 6.38. The Morgan fingerprint density at radius 1 is 0.170 bits per heavy atom. The number of hydrogen-bond acceptors (Lipinski definition) is 24. The molecule has 15 nitrogen and oxygen atoms in total. The van der Waals surface area contributed by atoms with Crippen LogP contribution in [-0.2, 0) is 32.7 Å². The number of ketones is 9. The highest BCUT2D eigenvalue weighted by Gasteiger charge is 2.34. The molecule has 702 valence electrons. The molecule has 18 rings (SSSR count). The third-order valence-corrected chi connectivity index (χ3v) is 37.8. The van der Waals surface area contributed by atoms with Crippen LogP contribution in [0.25, 0.3) is 0 Å². The van der Waals surface area contributed by atoms with Gasteiger partial charge in [-0.2, -0.15) is 0 Å². The highest BCUT2D eigenvalue weighted by molar-refractivity contribution is 8.02. The van der Waals surface area contributed by atoms with Gasteiger partial charge in [-0.25, -0.2) is 0 Å². The fourth-order valence-electron chi connectivity index (χ4n) is 13.8. The highest BCUT2D eigenvalue weighted by atomic mass is 32.2. The second-order valence-electron chi connectivity index (χ2n) is 31.4. The lowest BCUT2D eigenvalue weighted by molar-refractivity contribution is 0.100. The third-order valence-electron chi connectivity index (χ3n) is 20.9. The zero-order valence-electron chi connectivity index (χ0n) is 77.2. The van der Waals surface area contributed by atoms with E-state index in [0.29, 0.717) is 98.3 Å². The van der Waals surface area contributed by atoms with Crippen molar-refractivity contribution in [1.82, 2.24) is 0 Å². The lowest BCUT2D eigenvalue weighted by Crippen LogP contribution is -2.05. The van der Waals surface area contributed by atoms with E-state index in [1.807, 2.05) is 109 Å². The molecule has 18 aromatic rings. The van der Waals surface area contributed by atoms with Crippen molar-refractivity contribution in [2.24, 2.45) is 0 Å². The predicted molar refractivity (Wildman–Crippen MR) is 573 cm³/mol. The molecule has 141 heavy (non-hydrogen) atoms. The van der Waals surface area contributed by atoms with E-state index in [1.165, 1.54) is 103 Å². The van der Waals surface area contributed by atoms with Gasteiger partial charge in [0.25, 0.3) is 0 Å². The Bertz CT molecular complexity index is 6490. The Balaban J connectivity index is 0.000000152. The lowest BCUT2D eigenvalue weighted by Gasteiger charge is -2.12. The van der Waals surface area contributed by atoms with Crippen molar-refractivity contribution in [3.05, 3.63) is 410 Å². The van der Waals surface area contributed by atoms with Crippen LogP contribution >= 0.6 is 103 Å². The summed E-state index contributed by atoms with van der Waals surface area (Å²) in [4.78, 5) is 123. The Morgan fingerprint density at radius 3 is 0.489 bits per heavy atom. The number of benzene rings is 12. The second kappa shape index (κ2) is 47.4. The topological polar surface area (TPSA) is 209 Å². The van der Waals surface area contributed by atoms with Gasteiger partial charge in [-0.15, -0.1) is 34.0 Å². The van der Waals surface area contributed by atoms with Crippen molar-refractivity contribution in [2.75, 3.05) is 0 Å². The maximum atomic E-state index is 11.8. The molecule has 0 saturated heterocycles. The number of rotatable bonds is 36. The molecule has 6 aromatic heterocycles. The molecular weight excluding hydrogens is 1990 g/mol. The summed E-state index contributed by atoms with van der Waals surface area (Å²) in [6.07, 6.45) is 0. The Labute approximate surface area is 862 Å². The molecule has 0 aliphatic carbocycles. The highest BCUT2D eigenvalue weighted by Crippen LogP contribution is 2.45. The molecule has 27 heteroatoms. The van der Waals surface area contributed by atoms with Gasteiger partial charge >= 0.3 is 0 Å². The molecule has 0 saturated carbocycles. The van der Waals surface area contributed by atoms with Crippen LogP contribution in [0.3, 0.4) is 0 Å². The quantitative estimate of drug-likeness (QED) is 0.0264. The summed E-state index contributed by atoms with van der Waals surface area (Å²) < 4.78 is 39.6. The van der Waals surface area contributed by atoms with Crippen molar-refractivity contribution >= 4 is 188 Å². The van der Waals surface area contributed by atoms with Crippen molar-refractivity contribution in [1.29, 1.82) is 0 Å². The summed E-state index contributed by atoms with van der Waals surface area (Å²) in [5.41, 5.74) is 1.91. The van der Waals surface area contributed by atoms with Gasteiger partial charge in [0.2, 0.25) is 0 Å². The van der Waals surface area contributed by atoms with Crippen LogP contribution < -0.4 is 28.4 Å². The van der Waals surface area contributed by atoms with Crippen molar-refractivity contribution in [3.63, 3.8) is 0 Å². The number of Topliss-reactive ketones (excluding diaryl/α,β-unsaturated/α-hetero) is 9. The molecule has 0 spiro atoms. The summed E-state index contributed by atoms with van der Waals surface area (Å²) >= 11 is 13.6. The minimum absolute atomic E-state index is 0.00812. The van der Waals surface area contributed by atoms with Gasteiger partial charge in [0.05, 0.1) is 74.6 Å². The van der Waals surface area contributed by atoms with Gasteiger partial charge in [-0.05, 0) is 426 Å². The summed E-state index contributed by atoms with van der Waals surface area (Å²) in [5, 5.41) is 1.97. The summed E-state index contributed by atoms with van der Waals surface area (Å²) in [6, 6.07) is 118. The molecule has 0 radical (unpaired) electrons. The molecular formula is C114H87O15S12+3. The van der Waals surface area contributed by atoms with E-state index < -0.39 is 21.8 Å². The molecule has 6 heterocycles. The van der Waals surface area contributed by atoms with Crippen LogP contribution in [0.4, 0.5) is 0 Å². The van der Waals surface area contributed by atoms with Crippen LogP contribution in [-0.4, -0.2) is 52.0 Å². The third kappa shape index (κ3) is 27.3. The molecule has 0 bridgehead atoms. The van der Waals surface area contributed by atoms with Crippen molar-refractivity contribution in [3.8, 4) is 66.9 Å². The molecule has 0 amide bonds. The van der Waals surface area contributed by atoms with Gasteiger partial charge in [0.15, 0.2) is 111 Å². The van der Waals surface area contributed by atoms with Gasteiger partial charge in [-0.1, -0.05) is 69.3 Å². The van der Waals surface area contributed by atoms with Gasteiger partial charge < -0.3 is 28.4 Å². The van der Waals surface area contributed by atoms with Gasteiger partial charge in [-0.3, -0.25) is 43.2 Å². The van der Waals surface area contributed by atoms with Crippen molar-refractivity contribution < 1.29 is 71.6 Å². The smallest absolute Gasteiger partial charge is 0.181 e. The van der Waals surface area contributed by atoms with Crippen LogP contribution in [0.15, 0.2) is 435 Å². The average Bonchev–Trinajstić information content (AvgIpc) is 1.81.